The summed E-state index contributed by atoms with van der Waals surface area (Å²) in [5.74, 6) is 1.45. The molecule has 0 spiro atoms. The minimum absolute atomic E-state index is 0.0721. The minimum atomic E-state index is -0.364. The molecule has 5 rings (SSSR count). The number of carbonyl (C=O) groups excluding carboxylic acids is 1. The summed E-state index contributed by atoms with van der Waals surface area (Å²) < 4.78 is 12.1. The number of benzene rings is 2. The Kier molecular flexibility index (Phi) is 4.22. The molecule has 27 heavy (non-hydrogen) atoms. The molecule has 6 heteroatoms. The molecule has 2 aromatic carbocycles. The lowest BCUT2D eigenvalue weighted by Crippen LogP contribution is -2.30. The Balaban J connectivity index is 1.46. The molecule has 2 aliphatic heterocycles. The Morgan fingerprint density at radius 3 is 2.63 bits per heavy atom. The summed E-state index contributed by atoms with van der Waals surface area (Å²) in [6.45, 7) is 1.39. The van der Waals surface area contributed by atoms with E-state index in [1.807, 2.05) is 36.4 Å². The molecule has 2 aromatic rings. The predicted octanol–water partition coefficient (Wildman–Crippen LogP) is 2.71. The molecule has 3 aliphatic rings. The van der Waals surface area contributed by atoms with E-state index in [1.54, 1.807) is 6.07 Å². The lowest BCUT2D eigenvalue weighted by molar-refractivity contribution is 0.0929. The van der Waals surface area contributed by atoms with Crippen molar-refractivity contribution in [1.29, 1.82) is 0 Å². The van der Waals surface area contributed by atoms with Crippen molar-refractivity contribution >= 4 is 21.8 Å². The maximum Gasteiger partial charge on any atom is 0.251 e. The van der Waals surface area contributed by atoms with Crippen molar-refractivity contribution in [1.82, 2.24) is 5.32 Å². The van der Waals surface area contributed by atoms with Crippen molar-refractivity contribution in [3.63, 3.8) is 0 Å². The summed E-state index contributed by atoms with van der Waals surface area (Å²) in [6, 6.07) is 13.9. The Labute approximate surface area is 165 Å². The van der Waals surface area contributed by atoms with Crippen LogP contribution in [0.15, 0.2) is 46.9 Å². The monoisotopic (exact) mass is 429 g/mol. The summed E-state index contributed by atoms with van der Waals surface area (Å²) >= 11 is 3.55. The molecule has 1 amide bonds. The van der Waals surface area contributed by atoms with Crippen LogP contribution in [0.4, 0.5) is 0 Å². The highest BCUT2D eigenvalue weighted by molar-refractivity contribution is 9.10. The first-order chi connectivity index (χ1) is 13.2. The van der Waals surface area contributed by atoms with Crippen LogP contribution in [-0.4, -0.2) is 43.0 Å². The molecule has 5 atom stereocenters. The summed E-state index contributed by atoms with van der Waals surface area (Å²) in [7, 11) is 0. The normalized spacial score (nSPS) is 30.4. The van der Waals surface area contributed by atoms with Crippen molar-refractivity contribution < 1.29 is 19.4 Å². The smallest absolute Gasteiger partial charge is 0.251 e. The number of aliphatic hydroxyl groups is 1. The number of hydrogen-bond acceptors (Lipinski definition) is 4. The van der Waals surface area contributed by atoms with Gasteiger partial charge in [-0.15, -0.1) is 0 Å². The zero-order valence-corrected chi connectivity index (χ0v) is 16.2. The molecule has 0 radical (unpaired) electrons. The van der Waals surface area contributed by atoms with Gasteiger partial charge in [-0.05, 0) is 33.6 Å². The highest BCUT2D eigenvalue weighted by Crippen LogP contribution is 2.47. The first kappa shape index (κ1) is 17.2. The molecule has 1 saturated carbocycles. The first-order valence-corrected chi connectivity index (χ1v) is 10.0. The van der Waals surface area contributed by atoms with Crippen molar-refractivity contribution in [2.24, 2.45) is 11.8 Å². The quantitative estimate of drug-likeness (QED) is 0.783. The van der Waals surface area contributed by atoms with Gasteiger partial charge in [-0.25, -0.2) is 0 Å². The van der Waals surface area contributed by atoms with Crippen LogP contribution in [0.1, 0.15) is 27.4 Å². The van der Waals surface area contributed by atoms with Crippen molar-refractivity contribution in [2.45, 2.75) is 18.1 Å². The number of rotatable bonds is 4. The molecule has 0 aromatic heterocycles. The van der Waals surface area contributed by atoms with E-state index >= 15 is 0 Å². The molecule has 2 fully saturated rings. The molecule has 140 valence electrons. The Morgan fingerprint density at radius 1 is 1.19 bits per heavy atom. The standard InChI is InChI=1S/C21H20BrNO4/c22-16-7-12(21(25)23-19-14-9-26-10-15(14)19)6-13-18(11-4-2-1-3-5-11)17(8-24)27-20(13)16/h1-7,14-15,17-19,24H,8-10H2,(H,23,25)/t14-,15+,17-,18+,19?/m1/s1. The van der Waals surface area contributed by atoms with Crippen molar-refractivity contribution in [3.05, 3.63) is 63.6 Å². The zero-order valence-electron chi connectivity index (χ0n) is 14.6. The third kappa shape index (κ3) is 2.87. The second kappa shape index (κ2) is 6.62. The lowest BCUT2D eigenvalue weighted by atomic mass is 9.87. The van der Waals surface area contributed by atoms with Gasteiger partial charge in [0.2, 0.25) is 0 Å². The number of hydrogen-bond donors (Lipinski definition) is 2. The summed E-state index contributed by atoms with van der Waals surface area (Å²) in [4.78, 5) is 12.8. The van der Waals surface area contributed by atoms with Gasteiger partial charge in [-0.3, -0.25) is 4.79 Å². The largest absolute Gasteiger partial charge is 0.486 e. The highest BCUT2D eigenvalue weighted by Gasteiger charge is 2.54. The Bertz CT molecular complexity index is 877. The van der Waals surface area contributed by atoms with E-state index < -0.39 is 0 Å². The number of amides is 1. The van der Waals surface area contributed by atoms with Crippen LogP contribution in [0.2, 0.25) is 0 Å². The van der Waals surface area contributed by atoms with Crippen LogP contribution in [0.25, 0.3) is 0 Å². The summed E-state index contributed by atoms with van der Waals surface area (Å²) in [5.41, 5.74) is 2.60. The number of halogens is 1. The van der Waals surface area contributed by atoms with E-state index in [4.69, 9.17) is 9.47 Å². The van der Waals surface area contributed by atoms with E-state index in [0.717, 1.165) is 28.8 Å². The molecular formula is C21H20BrNO4. The van der Waals surface area contributed by atoms with Crippen LogP contribution < -0.4 is 10.1 Å². The molecule has 5 nitrogen and oxygen atoms in total. The van der Waals surface area contributed by atoms with Gasteiger partial charge < -0.3 is 19.9 Å². The second-order valence-electron chi connectivity index (χ2n) is 7.47. The highest BCUT2D eigenvalue weighted by atomic mass is 79.9. The van der Waals surface area contributed by atoms with Gasteiger partial charge in [0.1, 0.15) is 11.9 Å². The second-order valence-corrected chi connectivity index (χ2v) is 8.32. The van der Waals surface area contributed by atoms with Gasteiger partial charge in [-0.1, -0.05) is 30.3 Å². The van der Waals surface area contributed by atoms with E-state index in [1.165, 1.54) is 0 Å². The molecule has 2 N–H and O–H groups in total. The number of ether oxygens (including phenoxy) is 2. The number of nitrogens with one attached hydrogen (secondary N) is 1. The fraction of sp³-hybridized carbons (Fsp3) is 0.381. The van der Waals surface area contributed by atoms with Crippen LogP contribution in [-0.2, 0) is 4.74 Å². The Hall–Kier alpha value is -1.89. The van der Waals surface area contributed by atoms with E-state index in [-0.39, 0.29) is 30.6 Å². The number of fused-ring (bicyclic) bond motifs is 2. The van der Waals surface area contributed by atoms with Crippen molar-refractivity contribution in [2.75, 3.05) is 19.8 Å². The lowest BCUT2D eigenvalue weighted by Gasteiger charge is -2.17. The van der Waals surface area contributed by atoms with Gasteiger partial charge in [0.15, 0.2) is 0 Å². The molecule has 2 heterocycles. The Morgan fingerprint density at radius 2 is 1.93 bits per heavy atom. The maximum atomic E-state index is 12.8. The number of carbonyl (C=O) groups is 1. The van der Waals surface area contributed by atoms with Crippen LogP contribution in [0, 0.1) is 11.8 Å². The van der Waals surface area contributed by atoms with Crippen LogP contribution in [0.5, 0.6) is 5.75 Å². The van der Waals surface area contributed by atoms with Gasteiger partial charge in [-0.2, -0.15) is 0 Å². The first-order valence-electron chi connectivity index (χ1n) is 9.22. The molecule has 0 bridgehead atoms. The maximum absolute atomic E-state index is 12.8. The van der Waals surface area contributed by atoms with Gasteiger partial charge in [0.05, 0.1) is 30.2 Å². The summed E-state index contributed by atoms with van der Waals surface area (Å²) in [5, 5.41) is 13.0. The van der Waals surface area contributed by atoms with E-state index in [0.29, 0.717) is 23.1 Å². The summed E-state index contributed by atoms with van der Waals surface area (Å²) in [6.07, 6.45) is -0.364. The third-order valence-electron chi connectivity index (χ3n) is 5.90. The topological polar surface area (TPSA) is 67.8 Å². The predicted molar refractivity (Wildman–Crippen MR) is 103 cm³/mol. The van der Waals surface area contributed by atoms with E-state index in [2.05, 4.69) is 21.2 Å². The van der Waals surface area contributed by atoms with Gasteiger partial charge in [0, 0.05) is 29.0 Å². The molecule has 1 saturated heterocycles. The third-order valence-corrected chi connectivity index (χ3v) is 6.49. The molecular weight excluding hydrogens is 410 g/mol. The van der Waals surface area contributed by atoms with Crippen molar-refractivity contribution in [3.8, 4) is 5.75 Å². The fourth-order valence-electron chi connectivity index (χ4n) is 4.41. The minimum Gasteiger partial charge on any atom is -0.486 e. The van der Waals surface area contributed by atoms with E-state index in [9.17, 15) is 9.90 Å². The average molecular weight is 430 g/mol. The number of aliphatic hydroxyl groups excluding tert-OH is 1. The van der Waals surface area contributed by atoms with Gasteiger partial charge in [0.25, 0.3) is 5.91 Å². The SMILES string of the molecule is O=C(NC1[C@H]2COC[C@@H]12)c1cc(Br)c2c(c1)[C@H](c1ccccc1)[C@@H](CO)O2. The average Bonchev–Trinajstić information content (AvgIpc) is 3.05. The molecule has 1 unspecified atom stereocenters. The van der Waals surface area contributed by atoms with Gasteiger partial charge >= 0.3 is 0 Å². The van der Waals surface area contributed by atoms with Crippen LogP contribution in [0.3, 0.4) is 0 Å². The van der Waals surface area contributed by atoms with Crippen LogP contribution >= 0.6 is 15.9 Å². The molecule has 1 aliphatic carbocycles. The fourth-order valence-corrected chi connectivity index (χ4v) is 4.98. The zero-order chi connectivity index (χ0) is 18.5.